The van der Waals surface area contributed by atoms with E-state index in [0.29, 0.717) is 16.7 Å². The second-order valence-corrected chi connectivity index (χ2v) is 11.4. The third-order valence-electron chi connectivity index (χ3n) is 5.71. The third-order valence-corrected chi connectivity index (χ3v) is 5.71. The summed E-state index contributed by atoms with van der Waals surface area (Å²) in [6.07, 6.45) is 0.691. The lowest BCUT2D eigenvalue weighted by molar-refractivity contribution is 0.00699. The Labute approximate surface area is 241 Å². The number of nitrogen functional groups attached to an aromatic ring is 1. The van der Waals surface area contributed by atoms with Crippen LogP contribution in [0.3, 0.4) is 0 Å². The quantitative estimate of drug-likeness (QED) is 0.263. The van der Waals surface area contributed by atoms with Gasteiger partial charge in [-0.25, -0.2) is 23.9 Å². The Bertz CT molecular complexity index is 1730. The van der Waals surface area contributed by atoms with Crippen LogP contribution in [0.25, 0.3) is 22.2 Å². The number of nitrogens with one attached hydrogen (secondary N) is 1. The largest absolute Gasteiger partial charge is 0.478 e. The summed E-state index contributed by atoms with van der Waals surface area (Å²) in [5, 5.41) is 12.3. The molecule has 0 fully saturated rings. The summed E-state index contributed by atoms with van der Waals surface area (Å²) in [6.45, 7) is 10.2. The van der Waals surface area contributed by atoms with Gasteiger partial charge in [-0.1, -0.05) is 12.1 Å². The number of hydrogen-bond donors (Lipinski definition) is 3. The number of hydrogen-bond acceptors (Lipinski definition) is 9. The highest BCUT2D eigenvalue weighted by atomic mass is 16.6. The van der Waals surface area contributed by atoms with Crippen molar-refractivity contribution < 1.29 is 33.8 Å². The number of nitrogens with two attached hydrogens (primary N) is 1. The first kappa shape index (κ1) is 29.7. The lowest BCUT2D eigenvalue weighted by Crippen LogP contribution is -2.27. The fraction of sp³-hybridized carbons (Fsp3) is 0.267. The molecule has 218 valence electrons. The van der Waals surface area contributed by atoms with Crippen molar-refractivity contribution in [1.29, 1.82) is 0 Å². The van der Waals surface area contributed by atoms with Gasteiger partial charge in [0.1, 0.15) is 16.9 Å². The molecule has 2 heterocycles. The molecule has 0 saturated heterocycles. The molecule has 0 aliphatic carbocycles. The average molecular weight is 574 g/mol. The highest BCUT2D eigenvalue weighted by Gasteiger charge is 2.26. The van der Waals surface area contributed by atoms with Crippen LogP contribution in [0.1, 0.15) is 72.7 Å². The van der Waals surface area contributed by atoms with Crippen LogP contribution in [0.5, 0.6) is 0 Å². The van der Waals surface area contributed by atoms with Gasteiger partial charge in [-0.05, 0) is 83.5 Å². The summed E-state index contributed by atoms with van der Waals surface area (Å²) in [5.41, 5.74) is 5.74. The highest BCUT2D eigenvalue weighted by Crippen LogP contribution is 2.30. The van der Waals surface area contributed by atoms with Gasteiger partial charge in [0.25, 0.3) is 5.91 Å². The number of amides is 1. The Kier molecular flexibility index (Phi) is 7.75. The molecule has 0 radical (unpaired) electrons. The second kappa shape index (κ2) is 11.0. The molecule has 2 aromatic carbocycles. The molecule has 0 aliphatic heterocycles. The average Bonchev–Trinajstić information content (AvgIpc) is 3.21. The van der Waals surface area contributed by atoms with Gasteiger partial charge in [-0.3, -0.25) is 9.78 Å². The molecule has 4 N–H and O–H groups in total. The van der Waals surface area contributed by atoms with Crippen molar-refractivity contribution in [2.45, 2.75) is 52.7 Å². The predicted octanol–water partition coefficient (Wildman–Crippen LogP) is 5.37. The smallest absolute Gasteiger partial charge is 0.421 e. The maximum atomic E-state index is 13.5. The number of anilines is 2. The molecule has 4 rings (SSSR count). The van der Waals surface area contributed by atoms with Gasteiger partial charge in [0, 0.05) is 17.4 Å². The first-order valence-electron chi connectivity index (χ1n) is 12.9. The van der Waals surface area contributed by atoms with Crippen LogP contribution < -0.4 is 11.1 Å². The summed E-state index contributed by atoms with van der Waals surface area (Å²) in [4.78, 5) is 59.5. The summed E-state index contributed by atoms with van der Waals surface area (Å²) in [6, 6.07) is 11.8. The maximum absolute atomic E-state index is 13.5. The van der Waals surface area contributed by atoms with Crippen molar-refractivity contribution in [2.24, 2.45) is 0 Å². The van der Waals surface area contributed by atoms with Gasteiger partial charge in [0.05, 0.1) is 22.2 Å². The van der Waals surface area contributed by atoms with Crippen molar-refractivity contribution in [2.75, 3.05) is 11.1 Å². The number of pyridine rings is 1. The predicted molar refractivity (Wildman–Crippen MR) is 156 cm³/mol. The molecule has 42 heavy (non-hydrogen) atoms. The summed E-state index contributed by atoms with van der Waals surface area (Å²) >= 11 is 0. The SMILES string of the molecule is CC(C)(C)OC(=O)c1cc(C(=O)O)ccc1-c1cccnc1C(=O)Nc1ccc2nc(N)n(C(=O)OC(C)(C)C)c2c1. The molecule has 0 unspecified atom stereocenters. The number of carboxylic acids is 1. The molecule has 4 aromatic rings. The minimum atomic E-state index is -1.22. The number of carboxylic acid groups (broad SMARTS) is 1. The van der Waals surface area contributed by atoms with Gasteiger partial charge in [-0.15, -0.1) is 0 Å². The molecular weight excluding hydrogens is 542 g/mol. The van der Waals surface area contributed by atoms with Crippen LogP contribution in [-0.4, -0.2) is 54.8 Å². The molecule has 0 spiro atoms. The number of aromatic carboxylic acids is 1. The molecule has 0 atom stereocenters. The Morgan fingerprint density at radius 3 is 2.24 bits per heavy atom. The van der Waals surface area contributed by atoms with E-state index in [4.69, 9.17) is 15.2 Å². The number of rotatable bonds is 5. The first-order chi connectivity index (χ1) is 19.5. The molecule has 0 aliphatic rings. The van der Waals surface area contributed by atoms with Crippen LogP contribution in [-0.2, 0) is 9.47 Å². The van der Waals surface area contributed by atoms with E-state index >= 15 is 0 Å². The fourth-order valence-corrected chi connectivity index (χ4v) is 4.08. The topological polar surface area (TPSA) is 176 Å². The molecule has 0 bridgehead atoms. The molecule has 2 aromatic heterocycles. The standard InChI is InChI=1S/C30H31N5O7/c1-29(2,3)41-26(39)20-14-16(25(37)38)9-11-18(20)19-8-7-13-32-23(19)24(36)33-17-10-12-21-22(15-17)35(27(31)34-21)28(40)42-30(4,5)6/h7-15H,1-6H3,(H2,31,34)(H,33,36)(H,37,38). The lowest BCUT2D eigenvalue weighted by atomic mass is 9.95. The van der Waals surface area contributed by atoms with Crippen molar-refractivity contribution in [3.8, 4) is 11.1 Å². The fourth-order valence-electron chi connectivity index (χ4n) is 4.08. The maximum Gasteiger partial charge on any atom is 0.421 e. The van der Waals surface area contributed by atoms with E-state index in [1.165, 1.54) is 30.5 Å². The number of aromatic nitrogens is 3. The van der Waals surface area contributed by atoms with Crippen LogP contribution in [0, 0.1) is 0 Å². The van der Waals surface area contributed by atoms with E-state index in [0.717, 1.165) is 4.57 Å². The Morgan fingerprint density at radius 1 is 0.905 bits per heavy atom. The minimum Gasteiger partial charge on any atom is -0.478 e. The molecule has 12 heteroatoms. The lowest BCUT2D eigenvalue weighted by Gasteiger charge is -2.21. The Balaban J connectivity index is 1.74. The van der Waals surface area contributed by atoms with Crippen LogP contribution in [0.2, 0.25) is 0 Å². The van der Waals surface area contributed by atoms with E-state index in [1.54, 1.807) is 65.8 Å². The number of carbonyl (C=O) groups is 4. The van der Waals surface area contributed by atoms with Gasteiger partial charge >= 0.3 is 18.0 Å². The minimum absolute atomic E-state index is 0.0364. The van der Waals surface area contributed by atoms with Crippen molar-refractivity contribution >= 4 is 46.6 Å². The van der Waals surface area contributed by atoms with Crippen LogP contribution in [0.4, 0.5) is 16.4 Å². The molecular formula is C30H31N5O7. The monoisotopic (exact) mass is 573 g/mol. The van der Waals surface area contributed by atoms with E-state index in [2.05, 4.69) is 15.3 Å². The zero-order valence-electron chi connectivity index (χ0n) is 24.0. The van der Waals surface area contributed by atoms with Crippen LogP contribution >= 0.6 is 0 Å². The van der Waals surface area contributed by atoms with E-state index in [9.17, 15) is 24.3 Å². The summed E-state index contributed by atoms with van der Waals surface area (Å²) in [7, 11) is 0. The van der Waals surface area contributed by atoms with Gasteiger partial charge in [-0.2, -0.15) is 0 Å². The van der Waals surface area contributed by atoms with E-state index < -0.39 is 35.1 Å². The molecule has 12 nitrogen and oxygen atoms in total. The van der Waals surface area contributed by atoms with E-state index in [-0.39, 0.29) is 33.9 Å². The van der Waals surface area contributed by atoms with Gasteiger partial charge in [0.2, 0.25) is 5.95 Å². The number of benzene rings is 2. The van der Waals surface area contributed by atoms with Crippen LogP contribution in [0.15, 0.2) is 54.7 Å². The zero-order valence-corrected chi connectivity index (χ0v) is 24.0. The van der Waals surface area contributed by atoms with Crippen molar-refractivity contribution in [1.82, 2.24) is 14.5 Å². The number of ether oxygens (including phenoxy) is 2. The molecule has 0 saturated carbocycles. The second-order valence-electron chi connectivity index (χ2n) is 11.4. The highest BCUT2D eigenvalue weighted by molar-refractivity contribution is 6.10. The number of nitrogens with zero attached hydrogens (tertiary/aromatic N) is 3. The summed E-state index contributed by atoms with van der Waals surface area (Å²) < 4.78 is 12.1. The van der Waals surface area contributed by atoms with E-state index in [1.807, 2.05) is 0 Å². The number of carbonyl (C=O) groups excluding carboxylic acids is 3. The Morgan fingerprint density at radius 2 is 1.60 bits per heavy atom. The van der Waals surface area contributed by atoms with Crippen molar-refractivity contribution in [3.63, 3.8) is 0 Å². The van der Waals surface area contributed by atoms with Crippen molar-refractivity contribution in [3.05, 3.63) is 71.5 Å². The third kappa shape index (κ3) is 6.54. The normalized spacial score (nSPS) is 11.7. The molecule has 1 amide bonds. The van der Waals surface area contributed by atoms with Gasteiger partial charge in [0.15, 0.2) is 0 Å². The number of imidazole rings is 1. The Hall–Kier alpha value is -5.26. The summed E-state index contributed by atoms with van der Waals surface area (Å²) in [5.74, 6) is -2.68. The zero-order chi connectivity index (χ0) is 31.0. The number of esters is 1. The first-order valence-corrected chi connectivity index (χ1v) is 12.9. The number of fused-ring (bicyclic) bond motifs is 1. The van der Waals surface area contributed by atoms with Gasteiger partial charge < -0.3 is 25.6 Å².